The summed E-state index contributed by atoms with van der Waals surface area (Å²) in [5, 5.41) is 11.8. The van der Waals surface area contributed by atoms with Crippen LogP contribution in [0, 0.1) is 15.5 Å². The van der Waals surface area contributed by atoms with Gasteiger partial charge >= 0.3 is 0 Å². The average molecular weight is 561 g/mol. The highest BCUT2D eigenvalue weighted by atomic mass is 35.5. The first kappa shape index (κ1) is 25.1. The van der Waals surface area contributed by atoms with E-state index in [1.807, 2.05) is 41.3 Å². The zero-order valence-electron chi connectivity index (χ0n) is 21.4. The summed E-state index contributed by atoms with van der Waals surface area (Å²) in [6.07, 6.45) is 3.76. The highest BCUT2D eigenvalue weighted by Crippen LogP contribution is 2.61. The average Bonchev–Trinajstić information content (AvgIpc) is 3.43. The van der Waals surface area contributed by atoms with Gasteiger partial charge in [-0.1, -0.05) is 78.4 Å². The van der Waals surface area contributed by atoms with E-state index in [-0.39, 0.29) is 28.6 Å². The van der Waals surface area contributed by atoms with Crippen molar-refractivity contribution in [2.75, 3.05) is 4.90 Å². The summed E-state index contributed by atoms with van der Waals surface area (Å²) in [5.74, 6) is -1.87. The van der Waals surface area contributed by atoms with Gasteiger partial charge in [0.15, 0.2) is 17.3 Å². The number of hydrogen-bond acceptors (Lipinski definition) is 6. The van der Waals surface area contributed by atoms with Crippen molar-refractivity contribution in [3.63, 3.8) is 0 Å². The molecule has 4 aromatic rings. The maximum Gasteiger partial charge on any atom is 0.269 e. The van der Waals surface area contributed by atoms with Crippen LogP contribution in [0.2, 0.25) is 5.02 Å². The van der Waals surface area contributed by atoms with Gasteiger partial charge in [-0.25, -0.2) is 0 Å². The lowest BCUT2D eigenvalue weighted by Gasteiger charge is -2.37. The summed E-state index contributed by atoms with van der Waals surface area (Å²) in [5.41, 5.74) is 1.38. The lowest BCUT2D eigenvalue weighted by atomic mass is 9.64. The minimum atomic E-state index is -1.62. The second-order valence-corrected chi connectivity index (χ2v) is 10.9. The molecule has 0 radical (unpaired) electrons. The number of nitrogens with zero attached hydrogens (tertiary/aromatic N) is 2. The van der Waals surface area contributed by atoms with Gasteiger partial charge in [-0.2, -0.15) is 0 Å². The zero-order chi connectivity index (χ0) is 28.5. The van der Waals surface area contributed by atoms with Crippen molar-refractivity contribution in [3.05, 3.63) is 146 Å². The summed E-state index contributed by atoms with van der Waals surface area (Å²) < 4.78 is 0. The van der Waals surface area contributed by atoms with E-state index in [1.54, 1.807) is 48.5 Å². The number of nitro benzene ring substituents is 1. The van der Waals surface area contributed by atoms with Crippen molar-refractivity contribution in [2.45, 2.75) is 18.0 Å². The van der Waals surface area contributed by atoms with Gasteiger partial charge in [0, 0.05) is 45.5 Å². The number of hydrogen-bond donors (Lipinski definition) is 0. The molecule has 3 atom stereocenters. The van der Waals surface area contributed by atoms with Crippen molar-refractivity contribution >= 4 is 46.4 Å². The third-order valence-corrected chi connectivity index (χ3v) is 8.83. The molecule has 0 bridgehead atoms. The van der Waals surface area contributed by atoms with Gasteiger partial charge in [0.05, 0.1) is 11.0 Å². The van der Waals surface area contributed by atoms with Gasteiger partial charge < -0.3 is 4.90 Å². The Bertz CT molecular complexity index is 1780. The van der Waals surface area contributed by atoms with Crippen LogP contribution in [-0.4, -0.2) is 34.4 Å². The number of fused-ring (bicyclic) bond motifs is 5. The van der Waals surface area contributed by atoms with Gasteiger partial charge in [-0.05, 0) is 41.5 Å². The second-order valence-electron chi connectivity index (χ2n) is 10.5. The molecule has 2 heterocycles. The monoisotopic (exact) mass is 560 g/mol. The molecule has 7 nitrogen and oxygen atoms in total. The summed E-state index contributed by atoms with van der Waals surface area (Å²) in [6.45, 7) is 0. The smallest absolute Gasteiger partial charge is 0.269 e. The molecule has 1 spiro atoms. The Morgan fingerprint density at radius 2 is 1.44 bits per heavy atom. The van der Waals surface area contributed by atoms with E-state index in [9.17, 15) is 24.5 Å². The molecular weight excluding hydrogens is 540 g/mol. The van der Waals surface area contributed by atoms with Crippen molar-refractivity contribution < 1.29 is 19.3 Å². The van der Waals surface area contributed by atoms with Crippen LogP contribution in [0.25, 0.3) is 6.08 Å². The van der Waals surface area contributed by atoms with Crippen molar-refractivity contribution in [1.82, 2.24) is 0 Å². The maximum atomic E-state index is 14.6. The first-order valence-electron chi connectivity index (χ1n) is 13.1. The number of rotatable bonds is 4. The molecule has 1 saturated heterocycles. The fourth-order valence-electron chi connectivity index (χ4n) is 6.88. The molecule has 0 N–H and O–H groups in total. The Morgan fingerprint density at radius 3 is 2.07 bits per heavy atom. The van der Waals surface area contributed by atoms with Crippen LogP contribution >= 0.6 is 11.6 Å². The first-order chi connectivity index (χ1) is 19.8. The molecule has 0 aromatic heterocycles. The highest BCUT2D eigenvalue weighted by molar-refractivity contribution is 6.32. The molecule has 1 aliphatic carbocycles. The Morgan fingerprint density at radius 1 is 0.829 bits per heavy atom. The van der Waals surface area contributed by atoms with Gasteiger partial charge in [-0.3, -0.25) is 24.5 Å². The van der Waals surface area contributed by atoms with Crippen LogP contribution in [-0.2, 0) is 0 Å². The minimum absolute atomic E-state index is 0.139. The molecule has 0 saturated carbocycles. The number of anilines is 1. The lowest BCUT2D eigenvalue weighted by molar-refractivity contribution is -0.384. The third kappa shape index (κ3) is 3.42. The summed E-state index contributed by atoms with van der Waals surface area (Å²) >= 11 is 6.25. The SMILES string of the molecule is O=C(c1ccc([N+](=O)[O-])cc1)[C@@H]1[C@H](c2ccc(Cl)cc2)C2(C(=O)c3ccccc3C2=O)[C@H]2C=Cc3ccccc3N12. The number of carbonyl (C=O) groups is 3. The van der Waals surface area contributed by atoms with E-state index in [1.165, 1.54) is 24.3 Å². The Balaban J connectivity index is 1.52. The lowest BCUT2D eigenvalue weighted by Crippen LogP contribution is -2.48. The number of Topliss-reactive ketones (excluding diaryl/α,β-unsaturated/α-hetero) is 3. The van der Waals surface area contributed by atoms with Crippen molar-refractivity contribution in [1.29, 1.82) is 0 Å². The number of non-ortho nitro benzene ring substituents is 1. The first-order valence-corrected chi connectivity index (χ1v) is 13.5. The molecule has 7 rings (SSSR count). The molecule has 4 aromatic carbocycles. The number of para-hydroxylation sites is 1. The van der Waals surface area contributed by atoms with Gasteiger partial charge in [0.1, 0.15) is 11.5 Å². The Labute approximate surface area is 239 Å². The van der Waals surface area contributed by atoms with Gasteiger partial charge in [0.25, 0.3) is 5.69 Å². The largest absolute Gasteiger partial charge is 0.352 e. The maximum absolute atomic E-state index is 14.6. The number of carbonyl (C=O) groups excluding carboxylic acids is 3. The fourth-order valence-corrected chi connectivity index (χ4v) is 7.00. The minimum Gasteiger partial charge on any atom is -0.352 e. The normalized spacial score (nSPS) is 21.5. The predicted molar refractivity (Wildman–Crippen MR) is 155 cm³/mol. The molecule has 8 heteroatoms. The summed E-state index contributed by atoms with van der Waals surface area (Å²) in [4.78, 5) is 56.4. The van der Waals surface area contributed by atoms with E-state index < -0.39 is 28.3 Å². The van der Waals surface area contributed by atoms with E-state index in [0.717, 1.165) is 11.3 Å². The molecule has 0 amide bonds. The molecule has 41 heavy (non-hydrogen) atoms. The zero-order valence-corrected chi connectivity index (χ0v) is 22.2. The number of halogens is 1. The van der Waals surface area contributed by atoms with E-state index in [4.69, 9.17) is 11.6 Å². The van der Waals surface area contributed by atoms with E-state index in [2.05, 4.69) is 0 Å². The summed E-state index contributed by atoms with van der Waals surface area (Å²) in [6, 6.07) is 25.0. The third-order valence-electron chi connectivity index (χ3n) is 8.57. The van der Waals surface area contributed by atoms with Gasteiger partial charge in [0.2, 0.25) is 0 Å². The predicted octanol–water partition coefficient (Wildman–Crippen LogP) is 6.56. The summed E-state index contributed by atoms with van der Waals surface area (Å²) in [7, 11) is 0. The second kappa shape index (κ2) is 9.08. The van der Waals surface area contributed by atoms with Crippen LogP contribution < -0.4 is 4.90 Å². The van der Waals surface area contributed by atoms with Crippen LogP contribution in [0.4, 0.5) is 11.4 Å². The molecule has 3 aliphatic rings. The molecule has 1 fully saturated rings. The van der Waals surface area contributed by atoms with Crippen molar-refractivity contribution in [3.8, 4) is 0 Å². The molecule has 200 valence electrons. The fraction of sp³-hybridized carbons (Fsp3) is 0.121. The number of ketones is 3. The van der Waals surface area contributed by atoms with Crippen LogP contribution in [0.5, 0.6) is 0 Å². The highest BCUT2D eigenvalue weighted by Gasteiger charge is 2.71. The Kier molecular flexibility index (Phi) is 5.56. The van der Waals surface area contributed by atoms with Crippen LogP contribution in [0.3, 0.4) is 0 Å². The molecule has 0 unspecified atom stereocenters. The van der Waals surface area contributed by atoms with Crippen molar-refractivity contribution in [2.24, 2.45) is 5.41 Å². The quantitative estimate of drug-likeness (QED) is 0.121. The van der Waals surface area contributed by atoms with Gasteiger partial charge in [-0.15, -0.1) is 0 Å². The standard InChI is InChI=1S/C33H21ClN2O5/c34-22-14-9-20(10-15-22)28-29(30(37)21-11-16-23(17-12-21)36(40)41)35-26-8-4-1-5-19(26)13-18-27(35)33(28)31(38)24-6-2-3-7-25(24)32(33)39/h1-18,27-29H/t27-,28+,29+/m1/s1. The molecular formula is C33H21ClN2O5. The Hall–Kier alpha value is -4.88. The van der Waals surface area contributed by atoms with Crippen LogP contribution in [0.1, 0.15) is 48.1 Å². The van der Waals surface area contributed by atoms with E-state index >= 15 is 0 Å². The molecule has 2 aliphatic heterocycles. The van der Waals surface area contributed by atoms with Crippen LogP contribution in [0.15, 0.2) is 103 Å². The topological polar surface area (TPSA) is 97.6 Å². The number of benzene rings is 4. The van der Waals surface area contributed by atoms with E-state index in [0.29, 0.717) is 21.7 Å². The number of nitro groups is 1.